The second-order valence-electron chi connectivity index (χ2n) is 5.76. The Morgan fingerprint density at radius 1 is 1.04 bits per heavy atom. The van der Waals surface area contributed by atoms with E-state index in [1.54, 1.807) is 14.2 Å². The first-order valence-corrected chi connectivity index (χ1v) is 8.36. The molecular formula is C20H27N3O. The van der Waals surface area contributed by atoms with Crippen LogP contribution in [-0.4, -0.2) is 26.7 Å². The third kappa shape index (κ3) is 5.30. The summed E-state index contributed by atoms with van der Waals surface area (Å²) in [5.74, 6) is 2.21. The normalized spacial score (nSPS) is 12.5. The molecular weight excluding hydrogens is 298 g/mol. The summed E-state index contributed by atoms with van der Waals surface area (Å²) in [6.45, 7) is 3.81. The molecule has 0 saturated heterocycles. The van der Waals surface area contributed by atoms with Gasteiger partial charge in [0.25, 0.3) is 0 Å². The number of methoxy groups -OCH3 is 1. The third-order valence-corrected chi connectivity index (χ3v) is 4.10. The summed E-state index contributed by atoms with van der Waals surface area (Å²) < 4.78 is 5.37. The first-order chi connectivity index (χ1) is 11.7. The summed E-state index contributed by atoms with van der Waals surface area (Å²) in [7, 11) is 3.48. The Balaban J connectivity index is 1.78. The molecule has 4 nitrogen and oxygen atoms in total. The number of guanidine groups is 1. The molecule has 0 heterocycles. The zero-order valence-electron chi connectivity index (χ0n) is 14.8. The molecule has 2 aromatic carbocycles. The van der Waals surface area contributed by atoms with Gasteiger partial charge in [0.2, 0.25) is 0 Å². The van der Waals surface area contributed by atoms with Crippen molar-refractivity contribution in [3.05, 3.63) is 65.7 Å². The van der Waals surface area contributed by atoms with Gasteiger partial charge in [-0.2, -0.15) is 0 Å². The van der Waals surface area contributed by atoms with Crippen molar-refractivity contribution in [1.82, 2.24) is 10.6 Å². The van der Waals surface area contributed by atoms with Crippen molar-refractivity contribution in [3.8, 4) is 5.75 Å². The molecule has 0 bridgehead atoms. The standard InChI is InChI=1S/C20H27N3O/c1-16(17-9-5-4-6-10-17)13-14-22-20(21-2)23-15-18-11-7-8-12-19(18)24-3/h4-12,16H,13-15H2,1-3H3,(H2,21,22,23). The van der Waals surface area contributed by atoms with Crippen LogP contribution in [0, 0.1) is 0 Å². The van der Waals surface area contributed by atoms with Crippen molar-refractivity contribution >= 4 is 5.96 Å². The molecule has 2 aromatic rings. The van der Waals surface area contributed by atoms with Crippen LogP contribution in [0.4, 0.5) is 0 Å². The highest BCUT2D eigenvalue weighted by molar-refractivity contribution is 5.79. The van der Waals surface area contributed by atoms with Crippen molar-refractivity contribution in [2.24, 2.45) is 4.99 Å². The Hall–Kier alpha value is -2.49. The topological polar surface area (TPSA) is 45.7 Å². The van der Waals surface area contributed by atoms with E-state index in [9.17, 15) is 0 Å². The van der Waals surface area contributed by atoms with Crippen molar-refractivity contribution in [1.29, 1.82) is 0 Å². The van der Waals surface area contributed by atoms with Crippen LogP contribution >= 0.6 is 0 Å². The minimum absolute atomic E-state index is 0.519. The highest BCUT2D eigenvalue weighted by Gasteiger charge is 2.06. The Labute approximate surface area is 145 Å². The number of hydrogen-bond acceptors (Lipinski definition) is 2. The van der Waals surface area contributed by atoms with Gasteiger partial charge < -0.3 is 15.4 Å². The van der Waals surface area contributed by atoms with Crippen molar-refractivity contribution in [3.63, 3.8) is 0 Å². The molecule has 2 rings (SSSR count). The van der Waals surface area contributed by atoms with Crippen LogP contribution in [0.1, 0.15) is 30.4 Å². The van der Waals surface area contributed by atoms with E-state index >= 15 is 0 Å². The number of benzene rings is 2. The van der Waals surface area contributed by atoms with E-state index in [1.165, 1.54) is 5.56 Å². The van der Waals surface area contributed by atoms with E-state index in [0.29, 0.717) is 12.5 Å². The molecule has 0 aliphatic heterocycles. The first kappa shape index (κ1) is 17.9. The van der Waals surface area contributed by atoms with Gasteiger partial charge >= 0.3 is 0 Å². The van der Waals surface area contributed by atoms with E-state index in [4.69, 9.17) is 4.74 Å². The summed E-state index contributed by atoms with van der Waals surface area (Å²) in [5, 5.41) is 6.71. The molecule has 24 heavy (non-hydrogen) atoms. The van der Waals surface area contributed by atoms with Gasteiger partial charge in [0.1, 0.15) is 5.75 Å². The highest BCUT2D eigenvalue weighted by Crippen LogP contribution is 2.18. The minimum atomic E-state index is 0.519. The number of ether oxygens (including phenoxy) is 1. The third-order valence-electron chi connectivity index (χ3n) is 4.10. The fraction of sp³-hybridized carbons (Fsp3) is 0.350. The molecule has 0 spiro atoms. The maximum Gasteiger partial charge on any atom is 0.191 e. The average Bonchev–Trinajstić information content (AvgIpc) is 2.65. The van der Waals surface area contributed by atoms with Gasteiger partial charge in [0.15, 0.2) is 5.96 Å². The molecule has 0 aliphatic rings. The van der Waals surface area contributed by atoms with Crippen molar-refractivity contribution in [2.45, 2.75) is 25.8 Å². The summed E-state index contributed by atoms with van der Waals surface area (Å²) in [6, 6.07) is 18.6. The van der Waals surface area contributed by atoms with E-state index in [2.05, 4.69) is 58.9 Å². The maximum absolute atomic E-state index is 5.37. The van der Waals surface area contributed by atoms with Crippen LogP contribution in [0.2, 0.25) is 0 Å². The Morgan fingerprint density at radius 3 is 2.46 bits per heavy atom. The second kappa shape index (κ2) is 9.60. The molecule has 4 heteroatoms. The molecule has 1 unspecified atom stereocenters. The minimum Gasteiger partial charge on any atom is -0.496 e. The average molecular weight is 325 g/mol. The molecule has 1 atom stereocenters. The van der Waals surface area contributed by atoms with E-state index in [1.807, 2.05) is 18.2 Å². The number of aliphatic imine (C=N–C) groups is 1. The summed E-state index contributed by atoms with van der Waals surface area (Å²) in [4.78, 5) is 4.28. The number of hydrogen-bond donors (Lipinski definition) is 2. The zero-order chi connectivity index (χ0) is 17.2. The van der Waals surface area contributed by atoms with Gasteiger partial charge in [0, 0.05) is 25.7 Å². The molecule has 0 saturated carbocycles. The molecule has 0 amide bonds. The van der Waals surface area contributed by atoms with Gasteiger partial charge in [-0.3, -0.25) is 4.99 Å². The summed E-state index contributed by atoms with van der Waals surface area (Å²) >= 11 is 0. The Morgan fingerprint density at radius 2 is 1.75 bits per heavy atom. The lowest BCUT2D eigenvalue weighted by Gasteiger charge is -2.16. The lowest BCUT2D eigenvalue weighted by molar-refractivity contribution is 0.409. The molecule has 2 N–H and O–H groups in total. The number of para-hydroxylation sites is 1. The van der Waals surface area contributed by atoms with Crippen LogP contribution in [0.3, 0.4) is 0 Å². The van der Waals surface area contributed by atoms with Gasteiger partial charge in [0.05, 0.1) is 7.11 Å². The summed E-state index contributed by atoms with van der Waals surface area (Å²) in [6.07, 6.45) is 1.05. The maximum atomic E-state index is 5.37. The molecule has 0 fully saturated rings. The second-order valence-corrected chi connectivity index (χ2v) is 5.76. The van der Waals surface area contributed by atoms with Crippen LogP contribution in [0.25, 0.3) is 0 Å². The van der Waals surface area contributed by atoms with E-state index in [-0.39, 0.29) is 0 Å². The first-order valence-electron chi connectivity index (χ1n) is 8.36. The predicted molar refractivity (Wildman–Crippen MR) is 101 cm³/mol. The van der Waals surface area contributed by atoms with E-state index in [0.717, 1.165) is 30.2 Å². The Bertz CT molecular complexity index is 640. The number of nitrogens with zero attached hydrogens (tertiary/aromatic N) is 1. The molecule has 0 radical (unpaired) electrons. The Kier molecular flexibility index (Phi) is 7.15. The van der Waals surface area contributed by atoms with Gasteiger partial charge in [-0.05, 0) is 24.0 Å². The van der Waals surface area contributed by atoms with Gasteiger partial charge in [-0.15, -0.1) is 0 Å². The quantitative estimate of drug-likeness (QED) is 0.604. The summed E-state index contributed by atoms with van der Waals surface area (Å²) in [5.41, 5.74) is 2.48. The zero-order valence-corrected chi connectivity index (χ0v) is 14.8. The predicted octanol–water partition coefficient (Wildman–Crippen LogP) is 3.55. The lowest BCUT2D eigenvalue weighted by Crippen LogP contribution is -2.37. The fourth-order valence-electron chi connectivity index (χ4n) is 2.60. The fourth-order valence-corrected chi connectivity index (χ4v) is 2.60. The largest absolute Gasteiger partial charge is 0.496 e. The van der Waals surface area contributed by atoms with Gasteiger partial charge in [-0.25, -0.2) is 0 Å². The van der Waals surface area contributed by atoms with Crippen molar-refractivity contribution in [2.75, 3.05) is 20.7 Å². The molecule has 0 aliphatic carbocycles. The smallest absolute Gasteiger partial charge is 0.191 e. The molecule has 0 aromatic heterocycles. The van der Waals surface area contributed by atoms with Crippen LogP contribution in [0.15, 0.2) is 59.6 Å². The number of nitrogens with one attached hydrogen (secondary N) is 2. The van der Waals surface area contributed by atoms with Crippen LogP contribution in [-0.2, 0) is 6.54 Å². The van der Waals surface area contributed by atoms with Crippen LogP contribution in [0.5, 0.6) is 5.75 Å². The lowest BCUT2D eigenvalue weighted by atomic mass is 9.98. The van der Waals surface area contributed by atoms with Crippen molar-refractivity contribution < 1.29 is 4.74 Å². The van der Waals surface area contributed by atoms with E-state index < -0.39 is 0 Å². The molecule has 128 valence electrons. The highest BCUT2D eigenvalue weighted by atomic mass is 16.5. The van der Waals surface area contributed by atoms with Crippen LogP contribution < -0.4 is 15.4 Å². The SMILES string of the molecule is CN=C(NCCC(C)c1ccccc1)NCc1ccccc1OC. The van der Waals surface area contributed by atoms with Gasteiger partial charge in [-0.1, -0.05) is 55.5 Å². The number of rotatable bonds is 7. The monoisotopic (exact) mass is 325 g/mol.